The van der Waals surface area contributed by atoms with Gasteiger partial charge in [0.15, 0.2) is 0 Å². The van der Waals surface area contributed by atoms with Crippen molar-refractivity contribution in [3.63, 3.8) is 0 Å². The highest BCUT2D eigenvalue weighted by Crippen LogP contribution is 2.18. The van der Waals surface area contributed by atoms with Crippen molar-refractivity contribution in [1.29, 1.82) is 0 Å². The molecule has 0 unspecified atom stereocenters. The zero-order chi connectivity index (χ0) is 18.2. The number of carbonyl (C=O) groups excluding carboxylic acids is 3. The minimum atomic E-state index is -0.181. The SMILES string of the molecule is CCCC[C@H](CC)CNC(=O)c1ccc(N2NC(=O)CCC2=O)cc1. The lowest BCUT2D eigenvalue weighted by Gasteiger charge is -2.27. The fourth-order valence-electron chi connectivity index (χ4n) is 2.83. The molecule has 1 saturated heterocycles. The third-order valence-electron chi connectivity index (χ3n) is 4.53. The quantitative estimate of drug-likeness (QED) is 0.760. The molecule has 6 nitrogen and oxygen atoms in total. The van der Waals surface area contributed by atoms with E-state index in [9.17, 15) is 14.4 Å². The van der Waals surface area contributed by atoms with Gasteiger partial charge in [-0.05, 0) is 36.6 Å². The van der Waals surface area contributed by atoms with Crippen LogP contribution in [-0.4, -0.2) is 24.3 Å². The summed E-state index contributed by atoms with van der Waals surface area (Å²) in [4.78, 5) is 35.6. The fourth-order valence-corrected chi connectivity index (χ4v) is 2.83. The number of hydrogen-bond donors (Lipinski definition) is 2. The highest BCUT2D eigenvalue weighted by atomic mass is 16.2. The topological polar surface area (TPSA) is 78.5 Å². The molecule has 0 saturated carbocycles. The van der Waals surface area contributed by atoms with Crippen molar-refractivity contribution in [2.45, 2.75) is 52.4 Å². The number of hydrogen-bond acceptors (Lipinski definition) is 3. The molecule has 1 aromatic carbocycles. The first-order chi connectivity index (χ1) is 12.0. The molecule has 1 atom stereocenters. The molecule has 2 N–H and O–H groups in total. The highest BCUT2D eigenvalue weighted by Gasteiger charge is 2.24. The zero-order valence-corrected chi connectivity index (χ0v) is 15.0. The molecule has 6 heteroatoms. The molecule has 0 aliphatic carbocycles. The van der Waals surface area contributed by atoms with E-state index in [0.717, 1.165) is 19.3 Å². The Balaban J connectivity index is 1.93. The summed E-state index contributed by atoms with van der Waals surface area (Å²) in [6, 6.07) is 6.69. The number of amides is 3. The van der Waals surface area contributed by atoms with Crippen LogP contribution in [0.3, 0.4) is 0 Å². The smallest absolute Gasteiger partial charge is 0.251 e. The van der Waals surface area contributed by atoms with Gasteiger partial charge in [0, 0.05) is 24.9 Å². The van der Waals surface area contributed by atoms with Crippen LogP contribution in [0.25, 0.3) is 0 Å². The van der Waals surface area contributed by atoms with E-state index in [-0.39, 0.29) is 30.6 Å². The lowest BCUT2D eigenvalue weighted by atomic mass is 9.99. The molecule has 0 aromatic heterocycles. The van der Waals surface area contributed by atoms with E-state index in [2.05, 4.69) is 24.6 Å². The Kier molecular flexibility index (Phi) is 6.98. The van der Waals surface area contributed by atoms with Gasteiger partial charge in [-0.2, -0.15) is 0 Å². The number of nitrogens with one attached hydrogen (secondary N) is 2. The maximum Gasteiger partial charge on any atom is 0.251 e. The summed E-state index contributed by atoms with van der Waals surface area (Å²) >= 11 is 0. The average molecular weight is 345 g/mol. The van der Waals surface area contributed by atoms with Gasteiger partial charge in [0.2, 0.25) is 11.8 Å². The van der Waals surface area contributed by atoms with Gasteiger partial charge >= 0.3 is 0 Å². The van der Waals surface area contributed by atoms with Crippen LogP contribution in [-0.2, 0) is 9.59 Å². The number of anilines is 1. The van der Waals surface area contributed by atoms with Crippen molar-refractivity contribution >= 4 is 23.4 Å². The molecule has 1 aliphatic rings. The van der Waals surface area contributed by atoms with Crippen LogP contribution in [0, 0.1) is 5.92 Å². The van der Waals surface area contributed by atoms with Crippen molar-refractivity contribution in [1.82, 2.24) is 10.7 Å². The van der Waals surface area contributed by atoms with Crippen LogP contribution < -0.4 is 15.8 Å². The molecule has 136 valence electrons. The predicted octanol–water partition coefficient (Wildman–Crippen LogP) is 2.79. The lowest BCUT2D eigenvalue weighted by Crippen LogP contribution is -2.50. The number of benzene rings is 1. The van der Waals surface area contributed by atoms with Crippen molar-refractivity contribution in [2.75, 3.05) is 11.6 Å². The molecule has 1 heterocycles. The highest BCUT2D eigenvalue weighted by molar-refractivity contribution is 6.01. The molecular formula is C19H27N3O3. The molecule has 2 rings (SSSR count). The number of hydrazine groups is 1. The Bertz CT molecular complexity index is 613. The Morgan fingerprint density at radius 1 is 1.20 bits per heavy atom. The molecule has 1 aromatic rings. The van der Waals surface area contributed by atoms with Crippen LogP contribution in [0.1, 0.15) is 62.7 Å². The van der Waals surface area contributed by atoms with Crippen LogP contribution in [0.5, 0.6) is 0 Å². The van der Waals surface area contributed by atoms with E-state index in [0.29, 0.717) is 23.7 Å². The van der Waals surface area contributed by atoms with Crippen LogP contribution in [0.2, 0.25) is 0 Å². The van der Waals surface area contributed by atoms with Gasteiger partial charge in [-0.3, -0.25) is 19.8 Å². The molecule has 0 bridgehead atoms. The third kappa shape index (κ3) is 5.31. The number of carbonyl (C=O) groups is 3. The van der Waals surface area contributed by atoms with Gasteiger partial charge in [0.1, 0.15) is 0 Å². The van der Waals surface area contributed by atoms with Gasteiger partial charge in [-0.15, -0.1) is 0 Å². The van der Waals surface area contributed by atoms with E-state index in [4.69, 9.17) is 0 Å². The molecule has 1 aliphatic heterocycles. The lowest BCUT2D eigenvalue weighted by molar-refractivity contribution is -0.130. The summed E-state index contributed by atoms with van der Waals surface area (Å²) in [5, 5.41) is 4.23. The largest absolute Gasteiger partial charge is 0.352 e. The first-order valence-electron chi connectivity index (χ1n) is 9.05. The Labute approximate surface area is 148 Å². The second-order valence-electron chi connectivity index (χ2n) is 6.44. The molecule has 25 heavy (non-hydrogen) atoms. The molecule has 1 fully saturated rings. The van der Waals surface area contributed by atoms with Crippen LogP contribution >= 0.6 is 0 Å². The summed E-state index contributed by atoms with van der Waals surface area (Å²) in [7, 11) is 0. The standard InChI is InChI=1S/C19H27N3O3/c1-3-5-6-14(4-2)13-20-19(25)15-7-9-16(10-8-15)22-18(24)12-11-17(23)21-22/h7-10,14H,3-6,11-13H2,1-2H3,(H,20,25)(H,21,23)/t14-/m0/s1. The summed E-state index contributed by atoms with van der Waals surface area (Å²) in [6.45, 7) is 4.99. The van der Waals surface area contributed by atoms with Gasteiger partial charge in [-0.1, -0.05) is 33.1 Å². The zero-order valence-electron chi connectivity index (χ0n) is 15.0. The van der Waals surface area contributed by atoms with Gasteiger partial charge in [0.05, 0.1) is 5.69 Å². The Morgan fingerprint density at radius 3 is 2.56 bits per heavy atom. The average Bonchev–Trinajstić information content (AvgIpc) is 2.64. The van der Waals surface area contributed by atoms with E-state index in [1.807, 2.05) is 0 Å². The van der Waals surface area contributed by atoms with E-state index in [1.54, 1.807) is 24.3 Å². The van der Waals surface area contributed by atoms with Gasteiger partial charge in [-0.25, -0.2) is 5.01 Å². The van der Waals surface area contributed by atoms with Crippen molar-refractivity contribution in [3.05, 3.63) is 29.8 Å². The number of rotatable bonds is 8. The summed E-state index contributed by atoms with van der Waals surface area (Å²) in [6.07, 6.45) is 4.94. The van der Waals surface area contributed by atoms with E-state index >= 15 is 0 Å². The van der Waals surface area contributed by atoms with Crippen molar-refractivity contribution in [3.8, 4) is 0 Å². The maximum absolute atomic E-state index is 12.3. The molecule has 0 spiro atoms. The van der Waals surface area contributed by atoms with E-state index < -0.39 is 0 Å². The maximum atomic E-state index is 12.3. The minimum absolute atomic E-state index is 0.115. The molecule has 0 radical (unpaired) electrons. The molecule has 3 amide bonds. The first kappa shape index (κ1) is 19.0. The normalized spacial score (nSPS) is 15.7. The summed E-state index contributed by atoms with van der Waals surface area (Å²) < 4.78 is 0. The number of unbranched alkanes of at least 4 members (excludes halogenated alkanes) is 1. The van der Waals surface area contributed by atoms with Crippen molar-refractivity contribution < 1.29 is 14.4 Å². The van der Waals surface area contributed by atoms with Gasteiger partial charge in [0.25, 0.3) is 5.91 Å². The fraction of sp³-hybridized carbons (Fsp3) is 0.526. The summed E-state index contributed by atoms with van der Waals surface area (Å²) in [5.41, 5.74) is 3.65. The Hall–Kier alpha value is -2.37. The molecular weight excluding hydrogens is 318 g/mol. The van der Waals surface area contributed by atoms with Crippen LogP contribution in [0.15, 0.2) is 24.3 Å². The van der Waals surface area contributed by atoms with Crippen molar-refractivity contribution in [2.24, 2.45) is 5.92 Å². The summed E-state index contributed by atoms with van der Waals surface area (Å²) in [5.74, 6) is 0.0532. The number of nitrogens with zero attached hydrogens (tertiary/aromatic N) is 1. The first-order valence-corrected chi connectivity index (χ1v) is 9.05. The Morgan fingerprint density at radius 2 is 1.92 bits per heavy atom. The van der Waals surface area contributed by atoms with Gasteiger partial charge < -0.3 is 5.32 Å². The second-order valence-corrected chi connectivity index (χ2v) is 6.44. The monoisotopic (exact) mass is 345 g/mol. The second kappa shape index (κ2) is 9.20. The van der Waals surface area contributed by atoms with Crippen LogP contribution in [0.4, 0.5) is 5.69 Å². The minimum Gasteiger partial charge on any atom is -0.352 e. The predicted molar refractivity (Wildman–Crippen MR) is 96.9 cm³/mol. The third-order valence-corrected chi connectivity index (χ3v) is 4.53. The van der Waals surface area contributed by atoms with E-state index in [1.165, 1.54) is 11.4 Å².